The second kappa shape index (κ2) is 10.3. The quantitative estimate of drug-likeness (QED) is 0.260. The molecule has 0 fully saturated rings. The largest absolute Gasteiger partial charge is 0.508 e. The summed E-state index contributed by atoms with van der Waals surface area (Å²) < 4.78 is 16.6. The fourth-order valence-corrected chi connectivity index (χ4v) is 4.27. The highest BCUT2D eigenvalue weighted by molar-refractivity contribution is 5.99. The number of esters is 2. The van der Waals surface area contributed by atoms with Crippen LogP contribution in [0.2, 0.25) is 0 Å². The Morgan fingerprint density at radius 1 is 0.632 bits per heavy atom. The molecule has 38 heavy (non-hydrogen) atoms. The van der Waals surface area contributed by atoms with Gasteiger partial charge in [-0.1, -0.05) is 0 Å². The first-order valence-corrected chi connectivity index (χ1v) is 11.4. The van der Waals surface area contributed by atoms with Crippen molar-refractivity contribution in [1.82, 2.24) is 0 Å². The van der Waals surface area contributed by atoms with E-state index in [-0.39, 0.29) is 50.8 Å². The topological polar surface area (TPSA) is 160 Å². The Labute approximate surface area is 218 Å². The summed E-state index contributed by atoms with van der Waals surface area (Å²) in [4.78, 5) is 37.6. The van der Waals surface area contributed by atoms with Gasteiger partial charge in [0, 0.05) is 17.2 Å². The van der Waals surface area contributed by atoms with E-state index in [9.17, 15) is 34.8 Å². The van der Waals surface area contributed by atoms with Gasteiger partial charge >= 0.3 is 17.9 Å². The van der Waals surface area contributed by atoms with Crippen molar-refractivity contribution in [2.45, 2.75) is 41.5 Å². The number of ether oxygens (including phenoxy) is 3. The number of rotatable bonds is 6. The molecule has 0 heterocycles. The highest BCUT2D eigenvalue weighted by Gasteiger charge is 2.29. The molecule has 0 aliphatic rings. The van der Waals surface area contributed by atoms with Crippen molar-refractivity contribution in [3.05, 3.63) is 68.3 Å². The smallest absolute Gasteiger partial charge is 0.347 e. The molecule has 0 atom stereocenters. The van der Waals surface area contributed by atoms with E-state index in [1.807, 2.05) is 0 Å². The molecule has 0 saturated carbocycles. The van der Waals surface area contributed by atoms with E-state index in [0.29, 0.717) is 22.3 Å². The number of carbonyl (C=O) groups excluding carboxylic acids is 2. The third-order valence-corrected chi connectivity index (χ3v) is 6.43. The van der Waals surface area contributed by atoms with E-state index in [1.54, 1.807) is 27.7 Å². The lowest BCUT2D eigenvalue weighted by atomic mass is 9.96. The number of aryl methyl sites for hydroxylation is 2. The molecule has 0 saturated heterocycles. The summed E-state index contributed by atoms with van der Waals surface area (Å²) in [6.07, 6.45) is 0. The average Bonchev–Trinajstić information content (AvgIpc) is 2.81. The zero-order valence-electron chi connectivity index (χ0n) is 22.0. The van der Waals surface area contributed by atoms with Crippen LogP contribution in [0.15, 0.2) is 18.2 Å². The molecule has 0 spiro atoms. The van der Waals surface area contributed by atoms with Crippen molar-refractivity contribution in [2.24, 2.45) is 0 Å². The van der Waals surface area contributed by atoms with Gasteiger partial charge in [-0.3, -0.25) is 0 Å². The molecule has 200 valence electrons. The van der Waals surface area contributed by atoms with Crippen molar-refractivity contribution >= 4 is 17.9 Å². The molecule has 0 aromatic heterocycles. The third-order valence-electron chi connectivity index (χ3n) is 6.43. The lowest BCUT2D eigenvalue weighted by Crippen LogP contribution is -2.17. The second-order valence-electron chi connectivity index (χ2n) is 8.89. The molecular weight excluding hydrogens is 496 g/mol. The normalized spacial score (nSPS) is 10.7. The Kier molecular flexibility index (Phi) is 7.57. The van der Waals surface area contributed by atoms with E-state index >= 15 is 0 Å². The van der Waals surface area contributed by atoms with Crippen molar-refractivity contribution in [3.63, 3.8) is 0 Å². The van der Waals surface area contributed by atoms with E-state index < -0.39 is 29.4 Å². The van der Waals surface area contributed by atoms with Gasteiger partial charge in [0.15, 0.2) is 0 Å². The van der Waals surface area contributed by atoms with Gasteiger partial charge in [-0.25, -0.2) is 14.4 Å². The lowest BCUT2D eigenvalue weighted by molar-refractivity contribution is 0.0689. The number of phenolic OH excluding ortho intramolecular Hbond substituents is 2. The number of aromatic carboxylic acids is 1. The van der Waals surface area contributed by atoms with Crippen LogP contribution in [0.1, 0.15) is 64.5 Å². The lowest BCUT2D eigenvalue weighted by Gasteiger charge is -2.21. The number of carbonyl (C=O) groups is 3. The fraction of sp³-hybridized carbons (Fsp3) is 0.250. The van der Waals surface area contributed by atoms with E-state index in [4.69, 9.17) is 14.2 Å². The maximum absolute atomic E-state index is 13.2. The number of carboxylic acids is 1. The van der Waals surface area contributed by atoms with Crippen LogP contribution in [-0.4, -0.2) is 45.4 Å². The maximum atomic E-state index is 13.2. The van der Waals surface area contributed by atoms with Crippen LogP contribution in [0.25, 0.3) is 0 Å². The Morgan fingerprint density at radius 3 is 1.76 bits per heavy atom. The minimum Gasteiger partial charge on any atom is -0.508 e. The van der Waals surface area contributed by atoms with Gasteiger partial charge in [0.1, 0.15) is 51.2 Å². The molecule has 0 radical (unpaired) electrons. The second-order valence-corrected chi connectivity index (χ2v) is 8.89. The monoisotopic (exact) mass is 524 g/mol. The molecule has 3 rings (SSSR count). The molecule has 10 heteroatoms. The van der Waals surface area contributed by atoms with Gasteiger partial charge < -0.3 is 34.6 Å². The Morgan fingerprint density at radius 2 is 1.21 bits per heavy atom. The molecule has 3 aromatic rings. The van der Waals surface area contributed by atoms with Crippen LogP contribution >= 0.6 is 0 Å². The minimum atomic E-state index is -1.32. The summed E-state index contributed by atoms with van der Waals surface area (Å²) in [6.45, 7) is 9.28. The average molecular weight is 525 g/mol. The predicted octanol–water partition coefficient (Wildman–Crippen LogP) is 4.80. The molecule has 0 aliphatic heterocycles. The molecule has 0 bridgehead atoms. The van der Waals surface area contributed by atoms with Gasteiger partial charge in [-0.2, -0.15) is 0 Å². The number of hydrogen-bond donors (Lipinski definition) is 4. The first-order valence-electron chi connectivity index (χ1n) is 11.4. The van der Waals surface area contributed by atoms with Crippen molar-refractivity contribution in [1.29, 1.82) is 0 Å². The highest BCUT2D eigenvalue weighted by Crippen LogP contribution is 2.40. The van der Waals surface area contributed by atoms with Gasteiger partial charge in [-0.15, -0.1) is 0 Å². The third kappa shape index (κ3) is 4.80. The van der Waals surface area contributed by atoms with Crippen LogP contribution in [0, 0.1) is 41.5 Å². The Balaban J connectivity index is 2.04. The van der Waals surface area contributed by atoms with Crippen LogP contribution in [0.5, 0.6) is 34.5 Å². The summed E-state index contributed by atoms with van der Waals surface area (Å²) >= 11 is 0. The van der Waals surface area contributed by atoms with Gasteiger partial charge in [0.05, 0.1) is 7.11 Å². The minimum absolute atomic E-state index is 0.0428. The fourth-order valence-electron chi connectivity index (χ4n) is 4.27. The number of carboxylic acid groups (broad SMARTS) is 1. The van der Waals surface area contributed by atoms with Gasteiger partial charge in [0.2, 0.25) is 0 Å². The number of aromatic hydroxyl groups is 3. The molecular formula is C28H28O10. The van der Waals surface area contributed by atoms with Crippen molar-refractivity contribution in [2.75, 3.05) is 7.11 Å². The number of benzene rings is 3. The summed E-state index contributed by atoms with van der Waals surface area (Å²) in [6, 6.07) is 3.69. The molecule has 0 aliphatic carbocycles. The molecule has 0 amide bonds. The highest BCUT2D eigenvalue weighted by atomic mass is 16.5. The molecule has 10 nitrogen and oxygen atoms in total. The van der Waals surface area contributed by atoms with E-state index in [0.717, 1.165) is 6.07 Å². The number of methoxy groups -OCH3 is 1. The van der Waals surface area contributed by atoms with Crippen LogP contribution in [0.3, 0.4) is 0 Å². The molecule has 0 unspecified atom stereocenters. The molecule has 3 aromatic carbocycles. The zero-order valence-corrected chi connectivity index (χ0v) is 22.0. The molecule has 4 N–H and O–H groups in total. The predicted molar refractivity (Wildman–Crippen MR) is 136 cm³/mol. The van der Waals surface area contributed by atoms with E-state index in [1.165, 1.54) is 33.1 Å². The summed E-state index contributed by atoms with van der Waals surface area (Å²) in [5.41, 5.74) is 1.37. The first-order chi connectivity index (χ1) is 17.7. The first kappa shape index (κ1) is 27.9. The summed E-state index contributed by atoms with van der Waals surface area (Å²) in [5, 5.41) is 39.7. The van der Waals surface area contributed by atoms with Crippen LogP contribution in [-0.2, 0) is 0 Å². The Bertz CT molecular complexity index is 1480. The zero-order chi connectivity index (χ0) is 28.6. The number of phenols is 3. The van der Waals surface area contributed by atoms with Crippen molar-refractivity contribution in [3.8, 4) is 34.5 Å². The summed E-state index contributed by atoms with van der Waals surface area (Å²) in [7, 11) is 1.33. The summed E-state index contributed by atoms with van der Waals surface area (Å²) in [5.74, 6) is -4.03. The SMILES string of the molecule is COc1c(C)c(OC(=O)c2c(C)cc(O)c(C)c2O)c(C)c(C)c1C(=O)Oc1cc(C)c(C(=O)O)c(O)c1. The van der Waals surface area contributed by atoms with Gasteiger partial charge in [-0.05, 0) is 75.9 Å². The van der Waals surface area contributed by atoms with Crippen LogP contribution < -0.4 is 14.2 Å². The maximum Gasteiger partial charge on any atom is 0.347 e. The number of hydrogen-bond acceptors (Lipinski definition) is 9. The Hall–Kier alpha value is -4.73. The van der Waals surface area contributed by atoms with Crippen molar-refractivity contribution < 1.29 is 49.0 Å². The standard InChI is InChI=1S/C28H28O10/c1-11-8-17(10-19(30)20(11)26(32)33)37-28(35)22-13(3)14(4)24(16(6)25(22)36-7)38-27(34)21-12(2)9-18(29)15(5)23(21)31/h8-10,29-31H,1-7H3,(H,32,33). The van der Waals surface area contributed by atoms with Gasteiger partial charge in [0.25, 0.3) is 0 Å². The van der Waals surface area contributed by atoms with E-state index in [2.05, 4.69) is 0 Å². The van der Waals surface area contributed by atoms with Crippen LogP contribution in [0.4, 0.5) is 0 Å².